The molecule has 10 heteroatoms. The van der Waals surface area contributed by atoms with E-state index in [1.807, 2.05) is 26.1 Å². The van der Waals surface area contributed by atoms with Crippen LogP contribution in [0.15, 0.2) is 41.8 Å². The molecule has 2 heterocycles. The van der Waals surface area contributed by atoms with Gasteiger partial charge in [-0.3, -0.25) is 19.9 Å². The molecule has 1 amide bonds. The summed E-state index contributed by atoms with van der Waals surface area (Å²) in [6.07, 6.45) is 3.34. The Morgan fingerprint density at radius 2 is 1.93 bits per heavy atom. The number of nitrogens with zero attached hydrogens (tertiary/aromatic N) is 5. The van der Waals surface area contributed by atoms with Crippen molar-refractivity contribution in [1.29, 1.82) is 0 Å². The number of carbonyl (C=O) groups excluding carboxylic acids is 1. The van der Waals surface area contributed by atoms with E-state index >= 15 is 0 Å². The fourth-order valence-electron chi connectivity index (χ4n) is 2.61. The predicted octanol–water partition coefficient (Wildman–Crippen LogP) is 3.13. The van der Waals surface area contributed by atoms with E-state index in [0.29, 0.717) is 16.5 Å². The van der Waals surface area contributed by atoms with Crippen molar-refractivity contribution in [3.05, 3.63) is 57.9 Å². The second-order valence-corrected chi connectivity index (χ2v) is 7.04. The molecular formula is C18H18N6O3S. The summed E-state index contributed by atoms with van der Waals surface area (Å²) in [7, 11) is 1.81. The zero-order valence-electron chi connectivity index (χ0n) is 15.5. The van der Waals surface area contributed by atoms with Gasteiger partial charge < -0.3 is 9.88 Å². The molecule has 0 aliphatic rings. The number of benzene rings is 1. The van der Waals surface area contributed by atoms with Gasteiger partial charge in [-0.2, -0.15) is 0 Å². The highest BCUT2D eigenvalue weighted by Gasteiger charge is 2.20. The minimum absolute atomic E-state index is 0.0485. The van der Waals surface area contributed by atoms with Crippen LogP contribution in [0, 0.1) is 24.0 Å². The molecule has 1 aromatic carbocycles. The van der Waals surface area contributed by atoms with Gasteiger partial charge in [0.25, 0.3) is 5.69 Å². The van der Waals surface area contributed by atoms with E-state index in [-0.39, 0.29) is 23.0 Å². The molecule has 3 rings (SSSR count). The van der Waals surface area contributed by atoms with E-state index in [1.165, 1.54) is 17.8 Å². The van der Waals surface area contributed by atoms with E-state index in [4.69, 9.17) is 0 Å². The highest BCUT2D eigenvalue weighted by Crippen LogP contribution is 2.30. The van der Waals surface area contributed by atoms with E-state index in [0.717, 1.165) is 11.1 Å². The lowest BCUT2D eigenvalue weighted by Gasteiger charge is -2.11. The third-order valence-electron chi connectivity index (χ3n) is 4.28. The average Bonchev–Trinajstić information content (AvgIpc) is 3.05. The van der Waals surface area contributed by atoms with Crippen LogP contribution in [0.2, 0.25) is 0 Å². The quantitative estimate of drug-likeness (QED) is 0.385. The lowest BCUT2D eigenvalue weighted by molar-refractivity contribution is -0.384. The summed E-state index contributed by atoms with van der Waals surface area (Å²) in [5.74, 6) is 0.359. The number of aromatic nitrogens is 4. The molecule has 0 saturated heterocycles. The van der Waals surface area contributed by atoms with Crippen LogP contribution >= 0.6 is 11.8 Å². The number of rotatable bonds is 6. The minimum Gasteiger partial charge on any atom is -0.319 e. The van der Waals surface area contributed by atoms with Crippen molar-refractivity contribution < 1.29 is 9.72 Å². The lowest BCUT2D eigenvalue weighted by atomic mass is 10.1. The van der Waals surface area contributed by atoms with Gasteiger partial charge in [-0.1, -0.05) is 17.8 Å². The van der Waals surface area contributed by atoms with Crippen molar-refractivity contribution in [2.45, 2.75) is 19.0 Å². The number of nitro benzene ring substituents is 1. The monoisotopic (exact) mass is 398 g/mol. The van der Waals surface area contributed by atoms with Gasteiger partial charge in [-0.05, 0) is 37.1 Å². The number of anilines is 1. The summed E-state index contributed by atoms with van der Waals surface area (Å²) in [5, 5.41) is 22.8. The minimum atomic E-state index is -0.501. The number of amides is 1. The van der Waals surface area contributed by atoms with Gasteiger partial charge in [0.1, 0.15) is 5.69 Å². The summed E-state index contributed by atoms with van der Waals surface area (Å²) >= 11 is 1.21. The average molecular weight is 398 g/mol. The van der Waals surface area contributed by atoms with Gasteiger partial charge >= 0.3 is 0 Å². The molecule has 0 aliphatic heterocycles. The molecule has 2 aromatic heterocycles. The van der Waals surface area contributed by atoms with Crippen LogP contribution in [-0.2, 0) is 11.8 Å². The first kappa shape index (κ1) is 19.5. The normalized spacial score (nSPS) is 10.7. The number of pyridine rings is 1. The second-order valence-electron chi connectivity index (χ2n) is 6.10. The van der Waals surface area contributed by atoms with Crippen molar-refractivity contribution in [1.82, 2.24) is 19.7 Å². The molecule has 9 nitrogen and oxygen atoms in total. The highest BCUT2D eigenvalue weighted by atomic mass is 32.2. The first-order valence-electron chi connectivity index (χ1n) is 8.35. The zero-order valence-corrected chi connectivity index (χ0v) is 16.4. The Hall–Kier alpha value is -3.27. The zero-order chi connectivity index (χ0) is 20.3. The molecule has 0 aliphatic carbocycles. The third kappa shape index (κ3) is 4.01. The van der Waals surface area contributed by atoms with Gasteiger partial charge in [0.2, 0.25) is 5.91 Å². The number of thioether (sulfide) groups is 1. The Morgan fingerprint density at radius 1 is 1.21 bits per heavy atom. The van der Waals surface area contributed by atoms with Gasteiger partial charge in [0.15, 0.2) is 11.0 Å². The first-order chi connectivity index (χ1) is 13.4. The molecule has 0 fully saturated rings. The number of carbonyl (C=O) groups is 1. The molecule has 0 bridgehead atoms. The number of hydrogen-bond donors (Lipinski definition) is 1. The Labute approximate surface area is 165 Å². The van der Waals surface area contributed by atoms with Gasteiger partial charge in [0.05, 0.1) is 10.7 Å². The highest BCUT2D eigenvalue weighted by molar-refractivity contribution is 7.99. The molecular weight excluding hydrogens is 380 g/mol. The smallest absolute Gasteiger partial charge is 0.293 e. The molecule has 0 radical (unpaired) electrons. The van der Waals surface area contributed by atoms with Crippen LogP contribution in [0.4, 0.5) is 11.4 Å². The van der Waals surface area contributed by atoms with Gasteiger partial charge in [-0.15, -0.1) is 10.2 Å². The first-order valence-corrected chi connectivity index (χ1v) is 9.34. The number of nitro groups is 1. The SMILES string of the molecule is Cc1ccc([N+](=O)[O-])c(NC(=O)CSc2nnc(-c3ccncc3)n2C)c1C. The summed E-state index contributed by atoms with van der Waals surface area (Å²) in [4.78, 5) is 27.1. The Balaban J connectivity index is 1.72. The van der Waals surface area contributed by atoms with Crippen LogP contribution in [0.1, 0.15) is 11.1 Å². The number of aryl methyl sites for hydroxylation is 1. The topological polar surface area (TPSA) is 116 Å². The number of hydrogen-bond acceptors (Lipinski definition) is 7. The van der Waals surface area contributed by atoms with Gasteiger partial charge in [-0.25, -0.2) is 0 Å². The van der Waals surface area contributed by atoms with Crippen LogP contribution in [0.25, 0.3) is 11.4 Å². The summed E-state index contributed by atoms with van der Waals surface area (Å²) in [6, 6.07) is 6.71. The maximum Gasteiger partial charge on any atom is 0.293 e. The van der Waals surface area contributed by atoms with Gasteiger partial charge in [0, 0.05) is 31.1 Å². The maximum absolute atomic E-state index is 12.4. The van der Waals surface area contributed by atoms with E-state index in [2.05, 4.69) is 20.5 Å². The van der Waals surface area contributed by atoms with Crippen molar-refractivity contribution >= 4 is 29.0 Å². The third-order valence-corrected chi connectivity index (χ3v) is 5.30. The fourth-order valence-corrected chi connectivity index (χ4v) is 3.32. The summed E-state index contributed by atoms with van der Waals surface area (Å²) < 4.78 is 1.79. The number of nitrogens with one attached hydrogen (secondary N) is 1. The van der Waals surface area contributed by atoms with Crippen molar-refractivity contribution in [3.63, 3.8) is 0 Å². The largest absolute Gasteiger partial charge is 0.319 e. The molecule has 0 saturated carbocycles. The maximum atomic E-state index is 12.4. The van der Waals surface area contributed by atoms with E-state index in [1.54, 1.807) is 30.0 Å². The van der Waals surface area contributed by atoms with Crippen LogP contribution in [0.5, 0.6) is 0 Å². The van der Waals surface area contributed by atoms with E-state index < -0.39 is 4.92 Å². The van der Waals surface area contributed by atoms with Crippen LogP contribution in [-0.4, -0.2) is 36.3 Å². The molecule has 0 spiro atoms. The lowest BCUT2D eigenvalue weighted by Crippen LogP contribution is -2.16. The molecule has 1 N–H and O–H groups in total. The molecule has 144 valence electrons. The van der Waals surface area contributed by atoms with Crippen molar-refractivity contribution in [2.24, 2.45) is 7.05 Å². The van der Waals surface area contributed by atoms with Crippen molar-refractivity contribution in [3.8, 4) is 11.4 Å². The Morgan fingerprint density at radius 3 is 2.61 bits per heavy atom. The Bertz CT molecular complexity index is 1040. The molecule has 3 aromatic rings. The van der Waals surface area contributed by atoms with E-state index in [9.17, 15) is 14.9 Å². The Kier molecular flexibility index (Phi) is 5.69. The summed E-state index contributed by atoms with van der Waals surface area (Å²) in [6.45, 7) is 3.58. The van der Waals surface area contributed by atoms with Crippen LogP contribution in [0.3, 0.4) is 0 Å². The second kappa shape index (κ2) is 8.17. The van der Waals surface area contributed by atoms with Crippen molar-refractivity contribution in [2.75, 3.05) is 11.1 Å². The predicted molar refractivity (Wildman–Crippen MR) is 106 cm³/mol. The molecule has 0 unspecified atom stereocenters. The van der Waals surface area contributed by atoms with Crippen LogP contribution < -0.4 is 5.32 Å². The summed E-state index contributed by atoms with van der Waals surface area (Å²) in [5.41, 5.74) is 2.51. The standard InChI is InChI=1S/C18H18N6O3S/c1-11-4-5-14(24(26)27)16(12(11)2)20-15(25)10-28-18-22-21-17(23(18)3)13-6-8-19-9-7-13/h4-9H,10H2,1-3H3,(H,20,25). The fraction of sp³-hybridized carbons (Fsp3) is 0.222. The molecule has 28 heavy (non-hydrogen) atoms. The molecule has 0 atom stereocenters.